The lowest BCUT2D eigenvalue weighted by Gasteiger charge is -2.13. The first-order chi connectivity index (χ1) is 7.99. The summed E-state index contributed by atoms with van der Waals surface area (Å²) in [5.74, 6) is 0.647. The van der Waals surface area contributed by atoms with Gasteiger partial charge in [0.05, 0.1) is 17.3 Å². The van der Waals surface area contributed by atoms with Crippen LogP contribution in [0.5, 0.6) is 0 Å². The topological polar surface area (TPSA) is 43.4 Å². The molecule has 0 aromatic heterocycles. The molecule has 2 rings (SSSR count). The van der Waals surface area contributed by atoms with E-state index in [0.717, 1.165) is 5.56 Å². The van der Waals surface area contributed by atoms with Crippen molar-refractivity contribution in [3.05, 3.63) is 29.8 Å². The third kappa shape index (κ3) is 2.87. The molecule has 1 saturated heterocycles. The van der Waals surface area contributed by atoms with Crippen LogP contribution in [0, 0.1) is 18.8 Å². The Morgan fingerprint density at radius 2 is 1.88 bits per heavy atom. The van der Waals surface area contributed by atoms with E-state index in [1.165, 1.54) is 0 Å². The largest absolute Gasteiger partial charge is 0.381 e. The highest BCUT2D eigenvalue weighted by Crippen LogP contribution is 2.24. The van der Waals surface area contributed by atoms with Crippen LogP contribution in [0.1, 0.15) is 12.5 Å². The predicted molar refractivity (Wildman–Crippen MR) is 66.7 cm³/mol. The summed E-state index contributed by atoms with van der Waals surface area (Å²) in [4.78, 5) is 0.419. The molecule has 1 aliphatic heterocycles. The Hall–Kier alpha value is -0.870. The summed E-state index contributed by atoms with van der Waals surface area (Å²) in [6.07, 6.45) is 0. The summed E-state index contributed by atoms with van der Waals surface area (Å²) in [5, 5.41) is 0. The summed E-state index contributed by atoms with van der Waals surface area (Å²) < 4.78 is 29.7. The van der Waals surface area contributed by atoms with Crippen molar-refractivity contribution in [1.82, 2.24) is 0 Å². The molecule has 2 unspecified atom stereocenters. The van der Waals surface area contributed by atoms with Gasteiger partial charge in [0, 0.05) is 12.5 Å². The Labute approximate surface area is 103 Å². The smallest absolute Gasteiger partial charge is 0.178 e. The normalized spacial score (nSPS) is 25.1. The average Bonchev–Trinajstić information content (AvgIpc) is 2.64. The van der Waals surface area contributed by atoms with Gasteiger partial charge in [-0.25, -0.2) is 8.42 Å². The van der Waals surface area contributed by atoms with Crippen molar-refractivity contribution in [2.75, 3.05) is 19.0 Å². The zero-order chi connectivity index (χ0) is 12.5. The second-order valence-corrected chi connectivity index (χ2v) is 6.90. The Morgan fingerprint density at radius 3 is 2.41 bits per heavy atom. The van der Waals surface area contributed by atoms with Crippen molar-refractivity contribution < 1.29 is 13.2 Å². The van der Waals surface area contributed by atoms with Crippen molar-refractivity contribution in [2.45, 2.75) is 18.7 Å². The van der Waals surface area contributed by atoms with Crippen molar-refractivity contribution in [2.24, 2.45) is 11.8 Å². The van der Waals surface area contributed by atoms with Crippen LogP contribution in [-0.4, -0.2) is 27.4 Å². The summed E-state index contributed by atoms with van der Waals surface area (Å²) in [6.45, 7) is 5.23. The van der Waals surface area contributed by atoms with Gasteiger partial charge >= 0.3 is 0 Å². The third-order valence-electron chi connectivity index (χ3n) is 3.33. The van der Waals surface area contributed by atoms with Gasteiger partial charge in [0.2, 0.25) is 0 Å². The average molecular weight is 254 g/mol. The Bertz CT molecular complexity index is 476. The molecule has 1 aliphatic rings. The zero-order valence-electron chi connectivity index (χ0n) is 10.2. The number of rotatable bonds is 3. The van der Waals surface area contributed by atoms with Crippen LogP contribution in [-0.2, 0) is 14.6 Å². The lowest BCUT2D eigenvalue weighted by Crippen LogP contribution is -2.21. The number of hydrogen-bond donors (Lipinski definition) is 0. The molecule has 1 aromatic rings. The highest BCUT2D eigenvalue weighted by molar-refractivity contribution is 7.91. The van der Waals surface area contributed by atoms with E-state index in [2.05, 4.69) is 0 Å². The van der Waals surface area contributed by atoms with E-state index in [4.69, 9.17) is 4.74 Å². The standard InChI is InChI=1S/C13H18O3S/c1-10-3-5-13(6-4-10)17(14,15)9-12-8-16-7-11(12)2/h3-6,11-12H,7-9H2,1-2H3. The van der Waals surface area contributed by atoms with Crippen LogP contribution in [0.3, 0.4) is 0 Å². The molecule has 1 aromatic carbocycles. The first-order valence-corrected chi connectivity index (χ1v) is 7.51. The molecule has 17 heavy (non-hydrogen) atoms. The van der Waals surface area contributed by atoms with Gasteiger partial charge in [0.25, 0.3) is 0 Å². The van der Waals surface area contributed by atoms with E-state index >= 15 is 0 Å². The molecule has 2 atom stereocenters. The lowest BCUT2D eigenvalue weighted by molar-refractivity contribution is 0.183. The van der Waals surface area contributed by atoms with Crippen molar-refractivity contribution in [1.29, 1.82) is 0 Å². The van der Waals surface area contributed by atoms with Gasteiger partial charge in [0.1, 0.15) is 0 Å². The van der Waals surface area contributed by atoms with E-state index in [9.17, 15) is 8.42 Å². The van der Waals surface area contributed by atoms with Gasteiger partial charge in [-0.1, -0.05) is 24.6 Å². The fourth-order valence-corrected chi connectivity index (χ4v) is 3.77. The molecule has 1 fully saturated rings. The van der Waals surface area contributed by atoms with Gasteiger partial charge in [-0.15, -0.1) is 0 Å². The fraction of sp³-hybridized carbons (Fsp3) is 0.538. The molecule has 94 valence electrons. The minimum absolute atomic E-state index is 0.126. The van der Waals surface area contributed by atoms with Crippen LogP contribution < -0.4 is 0 Å². The van der Waals surface area contributed by atoms with Gasteiger partial charge in [-0.3, -0.25) is 0 Å². The van der Waals surface area contributed by atoms with E-state index in [1.54, 1.807) is 12.1 Å². The monoisotopic (exact) mass is 254 g/mol. The second-order valence-electron chi connectivity index (χ2n) is 4.87. The number of ether oxygens (including phenoxy) is 1. The van der Waals surface area contributed by atoms with Crippen molar-refractivity contribution in [3.8, 4) is 0 Å². The number of benzene rings is 1. The van der Waals surface area contributed by atoms with E-state index in [-0.39, 0.29) is 11.7 Å². The Balaban J connectivity index is 2.16. The number of hydrogen-bond acceptors (Lipinski definition) is 3. The van der Waals surface area contributed by atoms with Crippen LogP contribution in [0.2, 0.25) is 0 Å². The fourth-order valence-electron chi connectivity index (χ4n) is 2.04. The first-order valence-electron chi connectivity index (χ1n) is 5.86. The molecule has 4 heteroatoms. The SMILES string of the molecule is Cc1ccc(S(=O)(=O)CC2COCC2C)cc1. The van der Waals surface area contributed by atoms with Crippen LogP contribution in [0.15, 0.2) is 29.2 Å². The minimum Gasteiger partial charge on any atom is -0.381 e. The molecule has 3 nitrogen and oxygen atoms in total. The maximum Gasteiger partial charge on any atom is 0.178 e. The lowest BCUT2D eigenvalue weighted by atomic mass is 10.0. The van der Waals surface area contributed by atoms with Gasteiger partial charge in [-0.2, -0.15) is 0 Å². The molecule has 0 N–H and O–H groups in total. The van der Waals surface area contributed by atoms with Gasteiger partial charge in [0.15, 0.2) is 9.84 Å². The van der Waals surface area contributed by atoms with Crippen LogP contribution in [0.25, 0.3) is 0 Å². The molecule has 0 amide bonds. The summed E-state index contributed by atoms with van der Waals surface area (Å²) in [5.41, 5.74) is 1.07. The maximum atomic E-state index is 12.2. The highest BCUT2D eigenvalue weighted by Gasteiger charge is 2.29. The highest BCUT2D eigenvalue weighted by atomic mass is 32.2. The van der Waals surface area contributed by atoms with Crippen LogP contribution >= 0.6 is 0 Å². The maximum absolute atomic E-state index is 12.2. The van der Waals surface area contributed by atoms with Crippen molar-refractivity contribution in [3.63, 3.8) is 0 Å². The molecule has 1 heterocycles. The predicted octanol–water partition coefficient (Wildman–Crippen LogP) is 2.05. The summed E-state index contributed by atoms with van der Waals surface area (Å²) >= 11 is 0. The third-order valence-corrected chi connectivity index (χ3v) is 5.19. The molecule has 0 spiro atoms. The van der Waals surface area contributed by atoms with E-state index in [0.29, 0.717) is 24.0 Å². The Morgan fingerprint density at radius 1 is 1.24 bits per heavy atom. The first kappa shape index (κ1) is 12.6. The Kier molecular flexibility index (Phi) is 3.54. The molecular formula is C13H18O3S. The number of sulfone groups is 1. The molecule has 0 radical (unpaired) electrons. The molecule has 0 saturated carbocycles. The second kappa shape index (κ2) is 4.78. The number of aryl methyl sites for hydroxylation is 1. The van der Waals surface area contributed by atoms with Crippen molar-refractivity contribution >= 4 is 9.84 Å². The molecule has 0 bridgehead atoms. The minimum atomic E-state index is -3.17. The molecule has 0 aliphatic carbocycles. The van der Waals surface area contributed by atoms with E-state index in [1.807, 2.05) is 26.0 Å². The molecular weight excluding hydrogens is 236 g/mol. The van der Waals surface area contributed by atoms with E-state index < -0.39 is 9.84 Å². The van der Waals surface area contributed by atoms with Gasteiger partial charge in [-0.05, 0) is 25.0 Å². The van der Waals surface area contributed by atoms with Gasteiger partial charge < -0.3 is 4.74 Å². The summed E-state index contributed by atoms with van der Waals surface area (Å²) in [6, 6.07) is 7.04. The summed E-state index contributed by atoms with van der Waals surface area (Å²) in [7, 11) is -3.17. The van der Waals surface area contributed by atoms with Crippen LogP contribution in [0.4, 0.5) is 0 Å². The quantitative estimate of drug-likeness (QED) is 0.829. The zero-order valence-corrected chi connectivity index (χ0v) is 11.0.